The highest BCUT2D eigenvalue weighted by atomic mass is 16.7. The normalized spacial score (nSPS) is 30.7. The molecule has 0 aliphatic carbocycles. The highest BCUT2D eigenvalue weighted by Gasteiger charge is 2.61. The third kappa shape index (κ3) is 3.13. The van der Waals surface area contributed by atoms with Gasteiger partial charge in [0.1, 0.15) is 24.6 Å². The van der Waals surface area contributed by atoms with E-state index in [0.29, 0.717) is 30.1 Å². The van der Waals surface area contributed by atoms with Crippen LogP contribution in [0.3, 0.4) is 0 Å². The number of aryl methyl sites for hydroxylation is 1. The fourth-order valence-electron chi connectivity index (χ4n) is 3.98. The van der Waals surface area contributed by atoms with Gasteiger partial charge in [-0.3, -0.25) is 9.88 Å². The van der Waals surface area contributed by atoms with Crippen molar-refractivity contribution in [1.29, 1.82) is 0 Å². The molecule has 5 unspecified atom stereocenters. The van der Waals surface area contributed by atoms with E-state index in [0.717, 1.165) is 5.56 Å². The van der Waals surface area contributed by atoms with Gasteiger partial charge in [0.2, 0.25) is 0 Å². The lowest BCUT2D eigenvalue weighted by Gasteiger charge is -2.21. The van der Waals surface area contributed by atoms with Gasteiger partial charge in [-0.25, -0.2) is 15.0 Å². The third-order valence-electron chi connectivity index (χ3n) is 5.75. The first-order chi connectivity index (χ1) is 14.5. The van der Waals surface area contributed by atoms with Crippen molar-refractivity contribution in [3.05, 3.63) is 48.0 Å². The number of hydrogen-bond donors (Lipinski definition) is 4. The molecule has 4 N–H and O–H groups in total. The number of likely N-dealkylation sites (N-methyl/N-ethyl adjacent to an activating group) is 1. The smallest absolute Gasteiger partial charge is 0.171 e. The van der Waals surface area contributed by atoms with Crippen LogP contribution >= 0.6 is 0 Å². The monoisotopic (exact) mass is 412 g/mol. The Bertz CT molecular complexity index is 1070. The Morgan fingerprint density at radius 3 is 2.80 bits per heavy atom. The van der Waals surface area contributed by atoms with Gasteiger partial charge in [0, 0.05) is 6.54 Å². The van der Waals surface area contributed by atoms with Gasteiger partial charge in [0.05, 0.1) is 12.9 Å². The fraction of sp³-hybridized carbons (Fsp3) is 0.450. The van der Waals surface area contributed by atoms with E-state index in [1.807, 2.05) is 25.1 Å². The van der Waals surface area contributed by atoms with Crippen molar-refractivity contribution in [3.63, 3.8) is 0 Å². The van der Waals surface area contributed by atoms with Crippen molar-refractivity contribution in [2.75, 3.05) is 19.0 Å². The molecule has 2 aliphatic heterocycles. The summed E-state index contributed by atoms with van der Waals surface area (Å²) in [5.74, 6) is 0.585. The van der Waals surface area contributed by atoms with Gasteiger partial charge in [-0.05, 0) is 19.5 Å². The zero-order valence-electron chi connectivity index (χ0n) is 16.7. The van der Waals surface area contributed by atoms with Gasteiger partial charge in [-0.2, -0.15) is 0 Å². The quantitative estimate of drug-likeness (QED) is 0.423. The Hall–Kier alpha value is -2.63. The van der Waals surface area contributed by atoms with Gasteiger partial charge < -0.3 is 25.0 Å². The van der Waals surface area contributed by atoms with Crippen LogP contribution in [0.25, 0.3) is 11.2 Å². The van der Waals surface area contributed by atoms with E-state index in [9.17, 15) is 10.2 Å². The maximum absolute atomic E-state index is 10.6. The van der Waals surface area contributed by atoms with Gasteiger partial charge in [-0.1, -0.05) is 29.8 Å². The van der Waals surface area contributed by atoms with Gasteiger partial charge in [-0.15, -0.1) is 0 Å². The summed E-state index contributed by atoms with van der Waals surface area (Å²) in [6.45, 7) is 3.05. The lowest BCUT2D eigenvalue weighted by Crippen LogP contribution is -2.48. The van der Waals surface area contributed by atoms with Crippen molar-refractivity contribution in [2.45, 2.75) is 43.7 Å². The highest BCUT2D eigenvalue weighted by Crippen LogP contribution is 2.41. The van der Waals surface area contributed by atoms with Crippen LogP contribution in [0.1, 0.15) is 17.4 Å². The number of nitrogens with zero attached hydrogens (tertiary/aromatic N) is 4. The zero-order chi connectivity index (χ0) is 20.9. The number of benzene rings is 1. The summed E-state index contributed by atoms with van der Waals surface area (Å²) in [5, 5.41) is 27.5. The van der Waals surface area contributed by atoms with E-state index in [-0.39, 0.29) is 0 Å². The number of rotatable bonds is 6. The number of anilines is 1. The highest BCUT2D eigenvalue weighted by molar-refractivity contribution is 5.82. The molecule has 2 aromatic heterocycles. The van der Waals surface area contributed by atoms with Crippen molar-refractivity contribution in [1.82, 2.24) is 24.8 Å². The standard InChI is InChI=1S/C20H24N6O4/c1-11-4-3-5-12(6-11)7-22-17-13-18(24-9-23-17)26(10-25-13)19-15(28)14(27)16(30-19)20(21-2)8-29-20/h3-6,9-10,14-16,19,21,27-28H,7-8H2,1-2H3,(H,22,23,24). The molecule has 0 radical (unpaired) electrons. The number of aromatic nitrogens is 4. The number of epoxide rings is 1. The van der Waals surface area contributed by atoms with E-state index >= 15 is 0 Å². The van der Waals surface area contributed by atoms with Crippen LogP contribution in [0.5, 0.6) is 0 Å². The van der Waals surface area contributed by atoms with Gasteiger partial charge >= 0.3 is 0 Å². The topological polar surface area (TPSA) is 130 Å². The number of ether oxygens (including phenoxy) is 2. The summed E-state index contributed by atoms with van der Waals surface area (Å²) < 4.78 is 13.0. The van der Waals surface area contributed by atoms with Crippen LogP contribution in [0.2, 0.25) is 0 Å². The number of aliphatic hydroxyl groups excluding tert-OH is 2. The van der Waals surface area contributed by atoms with Crippen LogP contribution in [0, 0.1) is 6.92 Å². The van der Waals surface area contributed by atoms with Crippen molar-refractivity contribution >= 4 is 17.0 Å². The summed E-state index contributed by atoms with van der Waals surface area (Å²) in [7, 11) is 1.73. The molecule has 30 heavy (non-hydrogen) atoms. The van der Waals surface area contributed by atoms with Crippen LogP contribution in [0.4, 0.5) is 5.82 Å². The number of imidazole rings is 1. The average Bonchev–Trinajstić information content (AvgIpc) is 3.34. The Morgan fingerprint density at radius 1 is 1.23 bits per heavy atom. The Kier molecular flexibility index (Phi) is 4.68. The third-order valence-corrected chi connectivity index (χ3v) is 5.75. The average molecular weight is 412 g/mol. The minimum Gasteiger partial charge on any atom is -0.387 e. The fourth-order valence-corrected chi connectivity index (χ4v) is 3.98. The second-order valence-corrected chi connectivity index (χ2v) is 7.75. The van der Waals surface area contributed by atoms with Gasteiger partial charge in [0.15, 0.2) is 28.9 Å². The lowest BCUT2D eigenvalue weighted by atomic mass is 10.0. The molecule has 1 aromatic carbocycles. The molecule has 158 valence electrons. The van der Waals surface area contributed by atoms with Crippen molar-refractivity contribution < 1.29 is 19.7 Å². The molecule has 0 amide bonds. The summed E-state index contributed by atoms with van der Waals surface area (Å²) in [6.07, 6.45) is -0.832. The number of hydrogen-bond acceptors (Lipinski definition) is 9. The first-order valence-corrected chi connectivity index (χ1v) is 9.84. The largest absolute Gasteiger partial charge is 0.387 e. The maximum Gasteiger partial charge on any atom is 0.171 e. The Labute approximate surface area is 172 Å². The van der Waals surface area contributed by atoms with E-state index in [2.05, 4.69) is 31.7 Å². The molecular formula is C20H24N6O4. The lowest BCUT2D eigenvalue weighted by molar-refractivity contribution is -0.0693. The van der Waals surface area contributed by atoms with Crippen LogP contribution in [0.15, 0.2) is 36.9 Å². The molecule has 0 saturated carbocycles. The molecule has 5 rings (SSSR count). The Morgan fingerprint density at radius 2 is 2.07 bits per heavy atom. The molecule has 0 bridgehead atoms. The van der Waals surface area contributed by atoms with E-state index in [4.69, 9.17) is 9.47 Å². The summed E-state index contributed by atoms with van der Waals surface area (Å²) >= 11 is 0. The summed E-state index contributed by atoms with van der Waals surface area (Å²) in [4.78, 5) is 13.1. The number of nitrogens with one attached hydrogen (secondary N) is 2. The molecule has 5 atom stereocenters. The molecule has 0 spiro atoms. The number of fused-ring (bicyclic) bond motifs is 1. The first kappa shape index (κ1) is 19.3. The van der Waals surface area contributed by atoms with Crippen LogP contribution < -0.4 is 10.6 Å². The molecule has 2 saturated heterocycles. The van der Waals surface area contributed by atoms with E-state index < -0.39 is 30.3 Å². The van der Waals surface area contributed by atoms with E-state index in [1.165, 1.54) is 11.9 Å². The summed E-state index contributed by atoms with van der Waals surface area (Å²) in [6, 6.07) is 8.21. The van der Waals surface area contributed by atoms with Gasteiger partial charge in [0.25, 0.3) is 0 Å². The minimum absolute atomic E-state index is 0.407. The SMILES string of the molecule is CNC1(C2OC(n3cnc4c(NCc5cccc(C)c5)ncnc43)C(O)C2O)CO1. The molecule has 4 heterocycles. The second-order valence-electron chi connectivity index (χ2n) is 7.75. The molecule has 3 aromatic rings. The maximum atomic E-state index is 10.6. The van der Waals surface area contributed by atoms with Crippen LogP contribution in [-0.2, 0) is 16.0 Å². The molecular weight excluding hydrogens is 388 g/mol. The molecule has 10 heteroatoms. The second kappa shape index (κ2) is 7.25. The first-order valence-electron chi connectivity index (χ1n) is 9.84. The molecule has 2 aliphatic rings. The summed E-state index contributed by atoms with van der Waals surface area (Å²) in [5.41, 5.74) is 2.60. The van der Waals surface area contributed by atoms with Crippen molar-refractivity contribution in [2.24, 2.45) is 0 Å². The minimum atomic E-state index is -1.15. The van der Waals surface area contributed by atoms with E-state index in [1.54, 1.807) is 17.9 Å². The predicted molar refractivity (Wildman–Crippen MR) is 107 cm³/mol. The van der Waals surface area contributed by atoms with Crippen molar-refractivity contribution in [3.8, 4) is 0 Å². The number of aliphatic hydroxyl groups is 2. The van der Waals surface area contributed by atoms with Crippen LogP contribution in [-0.4, -0.2) is 67.4 Å². The zero-order valence-corrected chi connectivity index (χ0v) is 16.7. The molecule has 10 nitrogen and oxygen atoms in total. The predicted octanol–water partition coefficient (Wildman–Crippen LogP) is 0.312. The molecule has 2 fully saturated rings. The Balaban J connectivity index is 1.41.